The van der Waals surface area contributed by atoms with Crippen LogP contribution >= 0.6 is 11.8 Å². The van der Waals surface area contributed by atoms with E-state index >= 15 is 0 Å². The first kappa shape index (κ1) is 25.9. The van der Waals surface area contributed by atoms with Gasteiger partial charge in [0.2, 0.25) is 5.91 Å². The van der Waals surface area contributed by atoms with E-state index in [1.54, 1.807) is 24.0 Å². The third kappa shape index (κ3) is 5.18. The lowest BCUT2D eigenvalue weighted by atomic mass is 9.92. The fraction of sp³-hybridized carbons (Fsp3) is 0.462. The molecule has 0 saturated carbocycles. The monoisotopic (exact) mass is 515 g/mol. The van der Waals surface area contributed by atoms with Crippen LogP contribution in [0.15, 0.2) is 51.6 Å². The minimum absolute atomic E-state index is 0.0785. The van der Waals surface area contributed by atoms with Crippen molar-refractivity contribution in [2.24, 2.45) is 10.9 Å². The smallest absolute Gasteiger partial charge is 0.338 e. The molecule has 0 spiro atoms. The molecular formula is C26H30FN3O5S. The van der Waals surface area contributed by atoms with Crippen molar-refractivity contribution in [1.29, 1.82) is 0 Å². The average Bonchev–Trinajstić information content (AvgIpc) is 3.29. The van der Waals surface area contributed by atoms with Crippen LogP contribution in [-0.4, -0.2) is 59.6 Å². The molecule has 2 atom stereocenters. The standard InChI is InChI=1S/C26H30FN3O5S/c1-4-20-22(25(33)34-3)23(16-8-10-18(27)11-9-16)30-19(15-36-26(30)28-20)13-21(31)29-12-6-7-17(14-29)24(32)35-5-2/h8-11,15,17,23H,4-7,12-14H2,1-3H3. The number of hydrogen-bond donors (Lipinski definition) is 0. The minimum Gasteiger partial charge on any atom is -0.466 e. The molecule has 4 rings (SSSR count). The Balaban J connectivity index is 1.61. The molecule has 3 aliphatic rings. The van der Waals surface area contributed by atoms with E-state index in [4.69, 9.17) is 14.5 Å². The number of hydrogen-bond acceptors (Lipinski definition) is 8. The van der Waals surface area contributed by atoms with Gasteiger partial charge < -0.3 is 19.3 Å². The number of carbonyl (C=O) groups is 3. The molecule has 1 saturated heterocycles. The molecule has 0 aromatic heterocycles. The van der Waals surface area contributed by atoms with Gasteiger partial charge in [0, 0.05) is 18.8 Å². The number of thioether (sulfide) groups is 1. The molecule has 1 aromatic carbocycles. The number of esters is 2. The summed E-state index contributed by atoms with van der Waals surface area (Å²) in [4.78, 5) is 46.8. The van der Waals surface area contributed by atoms with Gasteiger partial charge in [0.25, 0.3) is 0 Å². The number of rotatable bonds is 7. The maximum atomic E-state index is 13.7. The number of allylic oxidation sites excluding steroid dienone is 1. The fourth-order valence-electron chi connectivity index (χ4n) is 4.80. The van der Waals surface area contributed by atoms with Gasteiger partial charge in [-0.1, -0.05) is 30.8 Å². The molecule has 3 aliphatic heterocycles. The highest BCUT2D eigenvalue weighted by molar-refractivity contribution is 8.16. The van der Waals surface area contributed by atoms with Gasteiger partial charge in [0.15, 0.2) is 5.17 Å². The molecule has 192 valence electrons. The predicted molar refractivity (Wildman–Crippen MR) is 134 cm³/mol. The van der Waals surface area contributed by atoms with Crippen molar-refractivity contribution >= 4 is 34.8 Å². The lowest BCUT2D eigenvalue weighted by molar-refractivity contribution is -0.151. The first-order chi connectivity index (χ1) is 17.4. The van der Waals surface area contributed by atoms with Gasteiger partial charge in [-0.15, -0.1) is 0 Å². The molecule has 0 bridgehead atoms. The van der Waals surface area contributed by atoms with Gasteiger partial charge >= 0.3 is 11.9 Å². The number of halogens is 1. The zero-order valence-electron chi connectivity index (χ0n) is 20.7. The lowest BCUT2D eigenvalue weighted by Crippen LogP contribution is -2.44. The van der Waals surface area contributed by atoms with Crippen molar-refractivity contribution in [1.82, 2.24) is 9.80 Å². The Morgan fingerprint density at radius 3 is 2.61 bits per heavy atom. The number of ether oxygens (including phenoxy) is 2. The first-order valence-electron chi connectivity index (χ1n) is 12.1. The largest absolute Gasteiger partial charge is 0.466 e. The van der Waals surface area contributed by atoms with Crippen LogP contribution in [0.1, 0.15) is 51.1 Å². The number of amidine groups is 1. The molecule has 10 heteroatoms. The molecule has 0 N–H and O–H groups in total. The van der Waals surface area contributed by atoms with E-state index in [1.165, 1.54) is 31.0 Å². The Hall–Kier alpha value is -3.14. The molecular weight excluding hydrogens is 485 g/mol. The van der Waals surface area contributed by atoms with Crippen molar-refractivity contribution < 1.29 is 28.2 Å². The highest BCUT2D eigenvalue weighted by Crippen LogP contribution is 2.45. The van der Waals surface area contributed by atoms with Gasteiger partial charge in [-0.2, -0.15) is 0 Å². The number of aliphatic imine (C=N–C) groups is 1. The van der Waals surface area contributed by atoms with Gasteiger partial charge in [-0.25, -0.2) is 14.2 Å². The summed E-state index contributed by atoms with van der Waals surface area (Å²) in [6, 6.07) is 5.36. The summed E-state index contributed by atoms with van der Waals surface area (Å²) in [6.45, 7) is 4.89. The van der Waals surface area contributed by atoms with Crippen molar-refractivity contribution in [2.45, 2.75) is 45.6 Å². The zero-order chi connectivity index (χ0) is 25.8. The molecule has 0 aliphatic carbocycles. The van der Waals surface area contributed by atoms with Crippen LogP contribution in [0.5, 0.6) is 0 Å². The van der Waals surface area contributed by atoms with Crippen LogP contribution in [0, 0.1) is 11.7 Å². The van der Waals surface area contributed by atoms with E-state index < -0.39 is 12.0 Å². The van der Waals surface area contributed by atoms with Crippen molar-refractivity contribution in [3.63, 3.8) is 0 Å². The Bertz CT molecular complexity index is 1130. The summed E-state index contributed by atoms with van der Waals surface area (Å²) in [7, 11) is 1.32. The number of benzene rings is 1. The van der Waals surface area contributed by atoms with E-state index in [1.807, 2.05) is 17.2 Å². The molecule has 1 aromatic rings. The van der Waals surface area contributed by atoms with Crippen LogP contribution in [0.25, 0.3) is 0 Å². The Morgan fingerprint density at radius 1 is 1.19 bits per heavy atom. The zero-order valence-corrected chi connectivity index (χ0v) is 21.5. The second-order valence-electron chi connectivity index (χ2n) is 8.76. The van der Waals surface area contributed by atoms with Crippen LogP contribution in [-0.2, 0) is 23.9 Å². The van der Waals surface area contributed by atoms with E-state index in [9.17, 15) is 18.8 Å². The van der Waals surface area contributed by atoms with Crippen molar-refractivity contribution in [3.05, 3.63) is 58.0 Å². The van der Waals surface area contributed by atoms with E-state index in [0.29, 0.717) is 60.2 Å². The average molecular weight is 516 g/mol. The van der Waals surface area contributed by atoms with E-state index in [2.05, 4.69) is 0 Å². The molecule has 1 amide bonds. The van der Waals surface area contributed by atoms with E-state index in [0.717, 1.165) is 6.42 Å². The quantitative estimate of drug-likeness (QED) is 0.504. The van der Waals surface area contributed by atoms with Gasteiger partial charge in [-0.05, 0) is 49.3 Å². The summed E-state index contributed by atoms with van der Waals surface area (Å²) in [5.74, 6) is -1.60. The predicted octanol–water partition coefficient (Wildman–Crippen LogP) is 4.16. The number of likely N-dealkylation sites (tertiary alicyclic amines) is 1. The molecule has 1 fully saturated rings. The van der Waals surface area contributed by atoms with Crippen LogP contribution in [0.3, 0.4) is 0 Å². The minimum atomic E-state index is -0.608. The molecule has 0 radical (unpaired) electrons. The normalized spacial score (nSPS) is 21.6. The molecule has 3 heterocycles. The second kappa shape index (κ2) is 11.3. The summed E-state index contributed by atoms with van der Waals surface area (Å²) in [5.41, 5.74) is 2.35. The second-order valence-corrected chi connectivity index (χ2v) is 9.60. The summed E-state index contributed by atoms with van der Waals surface area (Å²) < 4.78 is 24.0. The number of fused-ring (bicyclic) bond motifs is 1. The van der Waals surface area contributed by atoms with Crippen molar-refractivity contribution in [3.8, 4) is 0 Å². The highest BCUT2D eigenvalue weighted by Gasteiger charge is 2.42. The Kier molecular flexibility index (Phi) is 8.13. The molecule has 8 nitrogen and oxygen atoms in total. The van der Waals surface area contributed by atoms with Crippen LogP contribution in [0.4, 0.5) is 4.39 Å². The van der Waals surface area contributed by atoms with Crippen molar-refractivity contribution in [2.75, 3.05) is 26.8 Å². The molecule has 2 unspecified atom stereocenters. The lowest BCUT2D eigenvalue weighted by Gasteiger charge is -2.37. The fourth-order valence-corrected chi connectivity index (χ4v) is 5.73. The first-order valence-corrected chi connectivity index (χ1v) is 13.0. The Morgan fingerprint density at radius 2 is 1.94 bits per heavy atom. The number of amides is 1. The summed E-state index contributed by atoms with van der Waals surface area (Å²) >= 11 is 1.39. The summed E-state index contributed by atoms with van der Waals surface area (Å²) in [5, 5.41) is 2.52. The third-order valence-corrected chi connectivity index (χ3v) is 7.43. The number of carbonyl (C=O) groups excluding carboxylic acids is 3. The third-order valence-electron chi connectivity index (χ3n) is 6.54. The topological polar surface area (TPSA) is 88.5 Å². The van der Waals surface area contributed by atoms with Crippen LogP contribution in [0.2, 0.25) is 0 Å². The number of methoxy groups -OCH3 is 1. The van der Waals surface area contributed by atoms with Gasteiger partial charge in [0.05, 0.1) is 43.4 Å². The summed E-state index contributed by atoms with van der Waals surface area (Å²) in [6.07, 6.45) is 2.02. The number of nitrogens with zero attached hydrogens (tertiary/aromatic N) is 3. The van der Waals surface area contributed by atoms with Gasteiger partial charge in [-0.3, -0.25) is 9.59 Å². The van der Waals surface area contributed by atoms with E-state index in [-0.39, 0.29) is 30.0 Å². The number of piperidine rings is 1. The molecule has 36 heavy (non-hydrogen) atoms. The van der Waals surface area contributed by atoms with Gasteiger partial charge in [0.1, 0.15) is 5.82 Å². The highest BCUT2D eigenvalue weighted by atomic mass is 32.2. The Labute approximate surface area is 214 Å². The SMILES string of the molecule is CCOC(=O)C1CCCN(C(=O)CC2=CSC3=NC(CC)=C(C(=O)OC)C(c4ccc(F)cc4)N23)C1. The maximum Gasteiger partial charge on any atom is 0.338 e. The maximum absolute atomic E-state index is 13.7. The van der Waals surface area contributed by atoms with Crippen LogP contribution < -0.4 is 0 Å².